The van der Waals surface area contributed by atoms with E-state index < -0.39 is 29.2 Å². The van der Waals surface area contributed by atoms with Crippen molar-refractivity contribution in [1.29, 1.82) is 5.26 Å². The Kier molecular flexibility index (Phi) is 4.05. The molecule has 3 aromatic rings. The lowest BCUT2D eigenvalue weighted by atomic mass is 9.88. The van der Waals surface area contributed by atoms with Gasteiger partial charge < -0.3 is 5.11 Å². The number of fused-ring (bicyclic) bond motifs is 1. The van der Waals surface area contributed by atoms with Crippen molar-refractivity contribution in [3.05, 3.63) is 83.4 Å². The van der Waals surface area contributed by atoms with Gasteiger partial charge in [-0.3, -0.25) is 0 Å². The molecule has 0 aliphatic rings. The smallest absolute Gasteiger partial charge is 0.132 e. The molecule has 0 fully saturated rings. The second-order valence-corrected chi connectivity index (χ2v) is 5.29. The molecule has 0 saturated heterocycles. The molecule has 0 aliphatic heterocycles. The summed E-state index contributed by atoms with van der Waals surface area (Å²) in [5, 5.41) is 21.7. The van der Waals surface area contributed by atoms with Crippen molar-refractivity contribution in [2.45, 2.75) is 12.0 Å². The Hall–Kier alpha value is -2.77. The number of aliphatic hydroxyl groups excluding tert-OH is 1. The highest BCUT2D eigenvalue weighted by atomic mass is 19.1. The molecule has 23 heavy (non-hydrogen) atoms. The number of halogens is 2. The van der Waals surface area contributed by atoms with Crippen LogP contribution in [0.15, 0.2) is 60.7 Å². The van der Waals surface area contributed by atoms with Crippen molar-refractivity contribution in [3.8, 4) is 6.07 Å². The first kappa shape index (κ1) is 15.1. The van der Waals surface area contributed by atoms with E-state index in [0.717, 1.165) is 22.9 Å². The molecule has 0 aliphatic carbocycles. The predicted molar refractivity (Wildman–Crippen MR) is 83.6 cm³/mol. The van der Waals surface area contributed by atoms with Crippen LogP contribution in [0, 0.1) is 23.0 Å². The first-order valence-corrected chi connectivity index (χ1v) is 7.12. The second-order valence-electron chi connectivity index (χ2n) is 5.29. The molecule has 3 rings (SSSR count). The van der Waals surface area contributed by atoms with Crippen LogP contribution < -0.4 is 0 Å². The van der Waals surface area contributed by atoms with Gasteiger partial charge in [-0.25, -0.2) is 8.78 Å². The Morgan fingerprint density at radius 3 is 2.17 bits per heavy atom. The largest absolute Gasteiger partial charge is 0.386 e. The third kappa shape index (κ3) is 2.79. The fraction of sp³-hybridized carbons (Fsp3) is 0.105. The lowest BCUT2D eigenvalue weighted by molar-refractivity contribution is 0.154. The number of hydrogen-bond acceptors (Lipinski definition) is 2. The van der Waals surface area contributed by atoms with Crippen LogP contribution in [0.25, 0.3) is 10.8 Å². The third-order valence-corrected chi connectivity index (χ3v) is 3.88. The maximum absolute atomic E-state index is 13.9. The molecular weight excluding hydrogens is 296 g/mol. The monoisotopic (exact) mass is 309 g/mol. The van der Waals surface area contributed by atoms with Gasteiger partial charge in [0, 0.05) is 0 Å². The molecule has 0 radical (unpaired) electrons. The van der Waals surface area contributed by atoms with Gasteiger partial charge in [0.15, 0.2) is 0 Å². The van der Waals surface area contributed by atoms with Crippen molar-refractivity contribution in [3.63, 3.8) is 0 Å². The minimum Gasteiger partial charge on any atom is -0.386 e. The summed E-state index contributed by atoms with van der Waals surface area (Å²) in [6.45, 7) is 0. The molecule has 0 bridgehead atoms. The van der Waals surface area contributed by atoms with Crippen LogP contribution in [0.4, 0.5) is 8.78 Å². The van der Waals surface area contributed by atoms with E-state index in [-0.39, 0.29) is 0 Å². The molecular formula is C19H13F2NO. The van der Waals surface area contributed by atoms with Gasteiger partial charge in [-0.05, 0) is 34.5 Å². The molecule has 0 spiro atoms. The first-order valence-electron chi connectivity index (χ1n) is 7.12. The molecule has 0 aromatic heterocycles. The maximum atomic E-state index is 13.9. The van der Waals surface area contributed by atoms with Crippen molar-refractivity contribution in [2.75, 3.05) is 0 Å². The summed E-state index contributed by atoms with van der Waals surface area (Å²) in [5.74, 6) is -2.79. The molecule has 0 heterocycles. The lowest BCUT2D eigenvalue weighted by Crippen LogP contribution is -2.13. The summed E-state index contributed by atoms with van der Waals surface area (Å²) in [6, 6.07) is 18.1. The van der Waals surface area contributed by atoms with Crippen LogP contribution in [-0.4, -0.2) is 5.11 Å². The molecule has 114 valence electrons. The maximum Gasteiger partial charge on any atom is 0.132 e. The highest BCUT2D eigenvalue weighted by Gasteiger charge is 2.28. The molecule has 0 saturated carbocycles. The van der Waals surface area contributed by atoms with E-state index in [2.05, 4.69) is 0 Å². The summed E-state index contributed by atoms with van der Waals surface area (Å²) in [7, 11) is 0. The SMILES string of the molecule is N#C[C@H](c1ccc2ccccc2c1)[C@@H](O)c1c(F)cccc1F. The Morgan fingerprint density at radius 1 is 0.870 bits per heavy atom. The molecule has 0 amide bonds. The predicted octanol–water partition coefficient (Wildman–Crippen LogP) is 4.46. The van der Waals surface area contributed by atoms with E-state index in [4.69, 9.17) is 0 Å². The van der Waals surface area contributed by atoms with Gasteiger partial charge in [0.25, 0.3) is 0 Å². The van der Waals surface area contributed by atoms with Crippen LogP contribution >= 0.6 is 0 Å². The van der Waals surface area contributed by atoms with Crippen LogP contribution in [0.2, 0.25) is 0 Å². The number of nitrogens with zero attached hydrogens (tertiary/aromatic N) is 1. The zero-order valence-corrected chi connectivity index (χ0v) is 12.1. The van der Waals surface area contributed by atoms with Gasteiger partial charge in [-0.1, -0.05) is 42.5 Å². The van der Waals surface area contributed by atoms with E-state index >= 15 is 0 Å². The van der Waals surface area contributed by atoms with Gasteiger partial charge >= 0.3 is 0 Å². The summed E-state index contributed by atoms with van der Waals surface area (Å²) in [6.07, 6.45) is -1.58. The molecule has 1 N–H and O–H groups in total. The van der Waals surface area contributed by atoms with E-state index in [1.807, 2.05) is 36.4 Å². The van der Waals surface area contributed by atoms with Gasteiger partial charge in [0.2, 0.25) is 0 Å². The van der Waals surface area contributed by atoms with Crippen molar-refractivity contribution in [2.24, 2.45) is 0 Å². The number of hydrogen-bond donors (Lipinski definition) is 1. The van der Waals surface area contributed by atoms with Crippen LogP contribution in [0.1, 0.15) is 23.1 Å². The summed E-state index contributed by atoms with van der Waals surface area (Å²) in [4.78, 5) is 0. The molecule has 4 heteroatoms. The average molecular weight is 309 g/mol. The topological polar surface area (TPSA) is 44.0 Å². The molecule has 0 unspecified atom stereocenters. The molecule has 2 atom stereocenters. The Bertz CT molecular complexity index is 881. The zero-order valence-electron chi connectivity index (χ0n) is 12.1. The highest BCUT2D eigenvalue weighted by Crippen LogP contribution is 2.34. The van der Waals surface area contributed by atoms with E-state index in [1.54, 1.807) is 12.1 Å². The second kappa shape index (κ2) is 6.15. The minimum atomic E-state index is -1.58. The Balaban J connectivity index is 2.06. The third-order valence-electron chi connectivity index (χ3n) is 3.88. The van der Waals surface area contributed by atoms with E-state index in [0.29, 0.717) is 5.56 Å². The number of rotatable bonds is 3. The fourth-order valence-corrected chi connectivity index (χ4v) is 2.69. The highest BCUT2D eigenvalue weighted by molar-refractivity contribution is 5.83. The summed E-state index contributed by atoms with van der Waals surface area (Å²) < 4.78 is 27.7. The zero-order chi connectivity index (χ0) is 16.4. The van der Waals surface area contributed by atoms with Crippen LogP contribution in [-0.2, 0) is 0 Å². The minimum absolute atomic E-state index is 0.479. The van der Waals surface area contributed by atoms with Crippen molar-refractivity contribution in [1.82, 2.24) is 0 Å². The van der Waals surface area contributed by atoms with Gasteiger partial charge in [-0.15, -0.1) is 0 Å². The number of aliphatic hydroxyl groups is 1. The average Bonchev–Trinajstić information content (AvgIpc) is 2.55. The van der Waals surface area contributed by atoms with Crippen LogP contribution in [0.5, 0.6) is 0 Å². The number of nitriles is 1. The summed E-state index contributed by atoms with van der Waals surface area (Å²) >= 11 is 0. The number of benzene rings is 3. The normalized spacial score (nSPS) is 13.5. The van der Waals surface area contributed by atoms with Crippen molar-refractivity contribution < 1.29 is 13.9 Å². The molecule has 2 nitrogen and oxygen atoms in total. The Labute approximate surface area is 132 Å². The summed E-state index contributed by atoms with van der Waals surface area (Å²) in [5.41, 5.74) is 0.0357. The quantitative estimate of drug-likeness (QED) is 0.776. The first-order chi connectivity index (χ1) is 11.1. The lowest BCUT2D eigenvalue weighted by Gasteiger charge is -2.19. The fourth-order valence-electron chi connectivity index (χ4n) is 2.69. The van der Waals surface area contributed by atoms with E-state index in [1.165, 1.54) is 6.07 Å². The van der Waals surface area contributed by atoms with Gasteiger partial charge in [0.05, 0.1) is 11.6 Å². The van der Waals surface area contributed by atoms with Crippen LogP contribution in [0.3, 0.4) is 0 Å². The molecule has 3 aromatic carbocycles. The standard InChI is InChI=1S/C19H13F2NO/c20-16-6-3-7-17(21)18(16)19(23)15(11-22)14-9-8-12-4-1-2-5-13(12)10-14/h1-10,15,19,23H/t15-,19-/m1/s1. The Morgan fingerprint density at radius 2 is 1.52 bits per heavy atom. The van der Waals surface area contributed by atoms with Crippen molar-refractivity contribution >= 4 is 10.8 Å². The van der Waals surface area contributed by atoms with E-state index in [9.17, 15) is 19.1 Å². The van der Waals surface area contributed by atoms with Gasteiger partial charge in [0.1, 0.15) is 23.7 Å². The van der Waals surface area contributed by atoms with Gasteiger partial charge in [-0.2, -0.15) is 5.26 Å².